The molecule has 0 aromatic heterocycles. The summed E-state index contributed by atoms with van der Waals surface area (Å²) in [5.41, 5.74) is -3.99. The van der Waals surface area contributed by atoms with Crippen molar-refractivity contribution >= 4 is 11.6 Å². The number of benzene rings is 1. The summed E-state index contributed by atoms with van der Waals surface area (Å²) in [7, 11) is 1.36. The highest BCUT2D eigenvalue weighted by molar-refractivity contribution is 5.98. The summed E-state index contributed by atoms with van der Waals surface area (Å²) in [6, 6.07) is 5.05. The highest BCUT2D eigenvalue weighted by Gasteiger charge is 2.66. The number of carbonyl (C=O) groups excluding carboxylic acids is 1. The first-order valence-electron chi connectivity index (χ1n) is 6.79. The molecule has 1 heterocycles. The molecule has 138 valence electrons. The zero-order valence-corrected chi connectivity index (χ0v) is 13.0. The number of amides is 1. The Kier molecular flexibility index (Phi) is 4.75. The molecule has 1 amide bonds. The van der Waals surface area contributed by atoms with E-state index in [-0.39, 0.29) is 16.3 Å². The third kappa shape index (κ3) is 3.71. The highest BCUT2D eigenvalue weighted by atomic mass is 19.4. The summed E-state index contributed by atoms with van der Waals surface area (Å²) >= 11 is 0. The predicted molar refractivity (Wildman–Crippen MR) is 73.9 cm³/mol. The Morgan fingerprint density at radius 1 is 1.24 bits per heavy atom. The van der Waals surface area contributed by atoms with Crippen LogP contribution in [0.3, 0.4) is 0 Å². The van der Waals surface area contributed by atoms with Crippen molar-refractivity contribution in [2.75, 3.05) is 7.11 Å². The Morgan fingerprint density at radius 3 is 2.28 bits per heavy atom. The van der Waals surface area contributed by atoms with E-state index in [4.69, 9.17) is 4.74 Å². The molecule has 1 N–H and O–H groups in total. The topological polar surface area (TPSA) is 71.4 Å². The van der Waals surface area contributed by atoms with E-state index in [1.165, 1.54) is 38.3 Å². The van der Waals surface area contributed by atoms with E-state index < -0.39 is 30.5 Å². The van der Waals surface area contributed by atoms with Crippen molar-refractivity contribution < 1.29 is 41.3 Å². The molecule has 0 bridgehead atoms. The largest absolute Gasteiger partial charge is 0.527 e. The van der Waals surface area contributed by atoms with Crippen molar-refractivity contribution in [2.45, 2.75) is 31.5 Å². The molecule has 2 rings (SSSR count). The van der Waals surface area contributed by atoms with Gasteiger partial charge in [-0.2, -0.15) is 18.9 Å². The molecule has 1 aromatic rings. The van der Waals surface area contributed by atoms with Crippen LogP contribution in [-0.2, 0) is 4.74 Å². The number of ether oxygens (including phenoxy) is 2. The first-order valence-corrected chi connectivity index (χ1v) is 6.79. The maximum Gasteiger partial charge on any atom is 0.527 e. The lowest BCUT2D eigenvalue weighted by Crippen LogP contribution is -2.61. The minimum atomic E-state index is -5.73. The lowest BCUT2D eigenvalue weighted by atomic mass is 10.1. The Hall–Kier alpha value is -2.27. The van der Waals surface area contributed by atoms with Gasteiger partial charge in [0.15, 0.2) is 0 Å². The van der Waals surface area contributed by atoms with Crippen molar-refractivity contribution in [2.24, 2.45) is 5.10 Å². The monoisotopic (exact) mass is 368 g/mol. The number of aliphatic hydroxyl groups is 1. The lowest BCUT2D eigenvalue weighted by molar-refractivity contribution is -0.468. The minimum Gasteiger partial charge on any atom is -0.497 e. The van der Waals surface area contributed by atoms with Crippen LogP contribution in [0.1, 0.15) is 23.7 Å². The van der Waals surface area contributed by atoms with E-state index in [0.29, 0.717) is 5.75 Å². The number of hydrazone groups is 1. The molecule has 1 aromatic carbocycles. The van der Waals surface area contributed by atoms with Gasteiger partial charge in [-0.3, -0.25) is 4.79 Å². The van der Waals surface area contributed by atoms with E-state index in [1.807, 2.05) is 0 Å². The van der Waals surface area contributed by atoms with Gasteiger partial charge in [0.05, 0.1) is 7.11 Å². The quantitative estimate of drug-likeness (QED) is 0.830. The molecule has 0 fully saturated rings. The van der Waals surface area contributed by atoms with Gasteiger partial charge < -0.3 is 9.84 Å². The number of nitrogens with zero attached hydrogens (tertiary/aromatic N) is 2. The normalized spacial score (nSPS) is 21.3. The van der Waals surface area contributed by atoms with Gasteiger partial charge in [-0.05, 0) is 31.2 Å². The Balaban J connectivity index is 2.37. The maximum atomic E-state index is 13.9. The molecule has 1 aliphatic rings. The highest BCUT2D eigenvalue weighted by Crippen LogP contribution is 2.43. The van der Waals surface area contributed by atoms with Crippen LogP contribution in [0.25, 0.3) is 0 Å². The first-order chi connectivity index (χ1) is 11.4. The van der Waals surface area contributed by atoms with Gasteiger partial charge in [-0.1, -0.05) is 0 Å². The molecular weight excluding hydrogens is 355 g/mol. The molecule has 1 atom stereocenters. The number of hydrogen-bond acceptors (Lipinski definition) is 5. The van der Waals surface area contributed by atoms with Crippen molar-refractivity contribution in [1.82, 2.24) is 5.01 Å². The van der Waals surface area contributed by atoms with Crippen LogP contribution in [0.15, 0.2) is 29.4 Å². The summed E-state index contributed by atoms with van der Waals surface area (Å²) < 4.78 is 72.2. The van der Waals surface area contributed by atoms with Gasteiger partial charge >= 0.3 is 12.5 Å². The van der Waals surface area contributed by atoms with Crippen LogP contribution in [-0.4, -0.2) is 47.0 Å². The van der Waals surface area contributed by atoms with Crippen molar-refractivity contribution in [3.8, 4) is 5.75 Å². The van der Waals surface area contributed by atoms with E-state index in [1.54, 1.807) is 0 Å². The standard InChI is InChI=1S/C14H13F5N2O4/c1-8-7-12(23,13(15,16)25-14(17,18)19)21(20-8)11(22)9-3-5-10(24-2)6-4-9/h3-6,23H,7H2,1-2H3. The summed E-state index contributed by atoms with van der Waals surface area (Å²) in [5.74, 6) is -0.869. The molecular formula is C14H13F5N2O4. The Morgan fingerprint density at radius 2 is 1.80 bits per heavy atom. The minimum absolute atomic E-state index is 0.101. The van der Waals surface area contributed by atoms with E-state index >= 15 is 0 Å². The number of methoxy groups -OCH3 is 1. The van der Waals surface area contributed by atoms with Crippen LogP contribution < -0.4 is 4.74 Å². The molecule has 1 unspecified atom stereocenters. The van der Waals surface area contributed by atoms with Gasteiger partial charge in [-0.15, -0.1) is 13.2 Å². The molecule has 0 spiro atoms. The van der Waals surface area contributed by atoms with Gasteiger partial charge in [0.25, 0.3) is 11.6 Å². The molecule has 0 saturated carbocycles. The number of rotatable bonds is 4. The number of carbonyl (C=O) groups is 1. The van der Waals surface area contributed by atoms with Crippen molar-refractivity contribution in [3.63, 3.8) is 0 Å². The SMILES string of the molecule is COc1ccc(C(=O)N2N=C(C)CC2(O)C(F)(F)OC(F)(F)F)cc1. The van der Waals surface area contributed by atoms with Crippen LogP contribution in [0.4, 0.5) is 22.0 Å². The van der Waals surface area contributed by atoms with Crippen LogP contribution in [0, 0.1) is 0 Å². The zero-order valence-electron chi connectivity index (χ0n) is 13.0. The smallest absolute Gasteiger partial charge is 0.497 e. The Labute approximate surface area is 138 Å². The van der Waals surface area contributed by atoms with E-state index in [2.05, 4.69) is 9.84 Å². The second kappa shape index (κ2) is 6.23. The predicted octanol–water partition coefficient (Wildman–Crippen LogP) is 2.73. The number of hydrogen-bond donors (Lipinski definition) is 1. The first kappa shape index (κ1) is 19.1. The van der Waals surface area contributed by atoms with Gasteiger partial charge in [-0.25, -0.2) is 4.74 Å². The third-order valence-electron chi connectivity index (χ3n) is 3.36. The van der Waals surface area contributed by atoms with Gasteiger partial charge in [0, 0.05) is 17.7 Å². The molecule has 25 heavy (non-hydrogen) atoms. The average Bonchev–Trinajstić information content (AvgIpc) is 2.81. The zero-order chi connectivity index (χ0) is 19.0. The van der Waals surface area contributed by atoms with Crippen LogP contribution >= 0.6 is 0 Å². The summed E-state index contributed by atoms with van der Waals surface area (Å²) in [6.07, 6.45) is -11.9. The molecule has 0 saturated heterocycles. The van der Waals surface area contributed by atoms with E-state index in [0.717, 1.165) is 0 Å². The van der Waals surface area contributed by atoms with Crippen LogP contribution in [0.2, 0.25) is 0 Å². The summed E-state index contributed by atoms with van der Waals surface area (Å²) in [5, 5.41) is 13.5. The number of alkyl halides is 5. The maximum absolute atomic E-state index is 13.9. The third-order valence-corrected chi connectivity index (χ3v) is 3.36. The molecule has 11 heteroatoms. The molecule has 1 aliphatic heterocycles. The molecule has 0 radical (unpaired) electrons. The number of halogens is 5. The van der Waals surface area contributed by atoms with E-state index in [9.17, 15) is 31.9 Å². The van der Waals surface area contributed by atoms with Gasteiger partial charge in [0.1, 0.15) is 5.75 Å². The second-order valence-electron chi connectivity index (χ2n) is 5.24. The van der Waals surface area contributed by atoms with Crippen LogP contribution in [0.5, 0.6) is 5.75 Å². The Bertz CT molecular complexity index is 689. The average molecular weight is 368 g/mol. The second-order valence-corrected chi connectivity index (χ2v) is 5.24. The molecule has 0 aliphatic carbocycles. The fourth-order valence-electron chi connectivity index (χ4n) is 2.24. The fourth-order valence-corrected chi connectivity index (χ4v) is 2.24. The summed E-state index contributed by atoms with van der Waals surface area (Å²) in [4.78, 5) is 12.4. The fraction of sp³-hybridized carbons (Fsp3) is 0.429. The van der Waals surface area contributed by atoms with Gasteiger partial charge in [0.2, 0.25) is 0 Å². The molecule has 6 nitrogen and oxygen atoms in total. The summed E-state index contributed by atoms with van der Waals surface area (Å²) in [6.45, 7) is 1.18. The lowest BCUT2D eigenvalue weighted by Gasteiger charge is -2.36. The van der Waals surface area contributed by atoms with Crippen molar-refractivity contribution in [3.05, 3.63) is 29.8 Å². The van der Waals surface area contributed by atoms with Crippen molar-refractivity contribution in [1.29, 1.82) is 0 Å².